The summed E-state index contributed by atoms with van der Waals surface area (Å²) in [4.78, 5) is 15.9. The number of aliphatic hydroxyl groups excluding tert-OH is 1. The van der Waals surface area contributed by atoms with Gasteiger partial charge in [-0.2, -0.15) is 9.19 Å². The average molecular weight is 578 g/mol. The van der Waals surface area contributed by atoms with Gasteiger partial charge in [0.25, 0.3) is 10.0 Å². The van der Waals surface area contributed by atoms with Crippen LogP contribution in [-0.2, 0) is 14.8 Å². The number of anilines is 3. The van der Waals surface area contributed by atoms with E-state index in [0.29, 0.717) is 41.8 Å². The minimum Gasteiger partial charge on any atom is -0.396 e. The summed E-state index contributed by atoms with van der Waals surface area (Å²) in [5.41, 5.74) is 2.33. The molecule has 0 spiro atoms. The maximum absolute atomic E-state index is 12.5. The van der Waals surface area contributed by atoms with E-state index in [1.807, 2.05) is 6.07 Å². The van der Waals surface area contributed by atoms with Gasteiger partial charge >= 0.3 is 0 Å². The summed E-state index contributed by atoms with van der Waals surface area (Å²) in [6.45, 7) is 5.44. The molecule has 0 amide bonds. The maximum Gasteiger partial charge on any atom is 0.256 e. The first-order valence-electron chi connectivity index (χ1n) is 14.2. The van der Waals surface area contributed by atoms with Crippen molar-refractivity contribution in [3.05, 3.63) is 42.5 Å². The van der Waals surface area contributed by atoms with Gasteiger partial charge in [-0.25, -0.2) is 23.4 Å². The lowest BCUT2D eigenvalue weighted by Gasteiger charge is -2.39. The Morgan fingerprint density at radius 3 is 2.63 bits per heavy atom. The molecule has 5 heterocycles. The van der Waals surface area contributed by atoms with Crippen molar-refractivity contribution < 1.29 is 18.3 Å². The molecule has 3 aliphatic rings. The second-order valence-electron chi connectivity index (χ2n) is 11.4. The Morgan fingerprint density at radius 1 is 1.12 bits per heavy atom. The van der Waals surface area contributed by atoms with Crippen LogP contribution in [0, 0.1) is 23.2 Å². The third-order valence-electron chi connectivity index (χ3n) is 8.14. The highest BCUT2D eigenvalue weighted by Gasteiger charge is 2.37. The van der Waals surface area contributed by atoms with Crippen molar-refractivity contribution in [1.29, 1.82) is 0 Å². The number of hydrogen-bond donors (Lipinski definition) is 2. The monoisotopic (exact) mass is 577 g/mol. The van der Waals surface area contributed by atoms with E-state index in [1.54, 1.807) is 18.5 Å². The van der Waals surface area contributed by atoms with Gasteiger partial charge in [-0.1, -0.05) is 18.8 Å². The van der Waals surface area contributed by atoms with Gasteiger partial charge in [0.15, 0.2) is 5.82 Å². The molecule has 0 atom stereocenters. The number of nitrogens with one attached hydrogen (secondary N) is 1. The average Bonchev–Trinajstić information content (AvgIpc) is 3.74. The SMILES string of the molecule is CC1(CO)CCN(c2cc(Nc3ccnc(-c4cnn(S(=O)(=O)C5CC5)c4)n3)ncc2C#CC2CCOCC2)CC1. The van der Waals surface area contributed by atoms with E-state index in [2.05, 4.69) is 49.0 Å². The van der Waals surface area contributed by atoms with Crippen LogP contribution in [-0.4, -0.2) is 75.8 Å². The lowest BCUT2D eigenvalue weighted by molar-refractivity contribution is 0.0807. The molecule has 1 aliphatic carbocycles. The molecule has 0 bridgehead atoms. The number of piperidine rings is 1. The zero-order valence-electron chi connectivity index (χ0n) is 23.2. The van der Waals surface area contributed by atoms with E-state index < -0.39 is 10.0 Å². The molecule has 6 rings (SSSR count). The molecule has 0 aromatic carbocycles. The highest BCUT2D eigenvalue weighted by atomic mass is 32.2. The van der Waals surface area contributed by atoms with Crippen LogP contribution in [0.25, 0.3) is 11.4 Å². The van der Waals surface area contributed by atoms with Gasteiger partial charge < -0.3 is 20.1 Å². The first-order chi connectivity index (χ1) is 19.8. The Morgan fingerprint density at radius 2 is 1.90 bits per heavy atom. The molecular formula is C29H35N7O4S. The van der Waals surface area contributed by atoms with Crippen molar-refractivity contribution in [2.75, 3.05) is 43.1 Å². The summed E-state index contributed by atoms with van der Waals surface area (Å²) < 4.78 is 31.6. The summed E-state index contributed by atoms with van der Waals surface area (Å²) in [5, 5.41) is 16.8. The molecule has 3 aromatic rings. The molecule has 0 unspecified atom stereocenters. The van der Waals surface area contributed by atoms with E-state index in [0.717, 1.165) is 67.3 Å². The Kier molecular flexibility index (Phi) is 7.68. The third-order valence-corrected chi connectivity index (χ3v) is 10.2. The van der Waals surface area contributed by atoms with Crippen LogP contribution in [0.3, 0.4) is 0 Å². The highest BCUT2D eigenvalue weighted by Crippen LogP contribution is 2.35. The van der Waals surface area contributed by atoms with Crippen molar-refractivity contribution in [1.82, 2.24) is 24.1 Å². The minimum absolute atomic E-state index is 0.0678. The van der Waals surface area contributed by atoms with Crippen LogP contribution in [0.4, 0.5) is 17.3 Å². The van der Waals surface area contributed by atoms with E-state index in [1.165, 1.54) is 12.4 Å². The van der Waals surface area contributed by atoms with Gasteiger partial charge in [0.05, 0.1) is 34.5 Å². The third kappa shape index (κ3) is 6.22. The van der Waals surface area contributed by atoms with Crippen LogP contribution in [0.15, 0.2) is 36.9 Å². The Bertz CT molecular complexity index is 1560. The minimum atomic E-state index is -3.46. The van der Waals surface area contributed by atoms with Gasteiger partial charge in [-0.05, 0) is 50.0 Å². The summed E-state index contributed by atoms with van der Waals surface area (Å²) in [5.74, 6) is 8.65. The van der Waals surface area contributed by atoms with Gasteiger partial charge in [0.2, 0.25) is 0 Å². The van der Waals surface area contributed by atoms with E-state index >= 15 is 0 Å². The smallest absolute Gasteiger partial charge is 0.256 e. The number of aromatic nitrogens is 5. The highest BCUT2D eigenvalue weighted by molar-refractivity contribution is 7.90. The number of nitrogens with zero attached hydrogens (tertiary/aromatic N) is 6. The van der Waals surface area contributed by atoms with Crippen molar-refractivity contribution >= 4 is 27.3 Å². The zero-order chi connectivity index (χ0) is 28.5. The largest absolute Gasteiger partial charge is 0.396 e. The molecule has 1 saturated carbocycles. The quantitative estimate of drug-likeness (QED) is 0.403. The predicted molar refractivity (Wildman–Crippen MR) is 155 cm³/mol. The van der Waals surface area contributed by atoms with Crippen molar-refractivity contribution in [2.24, 2.45) is 11.3 Å². The summed E-state index contributed by atoms with van der Waals surface area (Å²) >= 11 is 0. The van der Waals surface area contributed by atoms with E-state index in [9.17, 15) is 13.5 Å². The standard InChI is InChI=1S/C29H35N7O4S/c1-29(20-37)9-12-35(13-10-29)25-16-27(31-17-22(25)3-2-21-7-14-40-15-8-21)33-26-6-11-30-28(34-26)23-18-32-36(19-23)41(38,39)24-4-5-24/h6,11,16-19,21,24,37H,4-5,7-10,12-15,20H2,1H3,(H,30,31,33,34). The predicted octanol–water partition coefficient (Wildman–Crippen LogP) is 3.20. The van der Waals surface area contributed by atoms with Crippen LogP contribution in [0.1, 0.15) is 51.0 Å². The topological polar surface area (TPSA) is 135 Å². The fraction of sp³-hybridized carbons (Fsp3) is 0.517. The normalized spacial score (nSPS) is 19.4. The van der Waals surface area contributed by atoms with Crippen LogP contribution < -0.4 is 10.2 Å². The van der Waals surface area contributed by atoms with Crippen molar-refractivity contribution in [3.63, 3.8) is 0 Å². The van der Waals surface area contributed by atoms with Crippen LogP contribution >= 0.6 is 0 Å². The Hall–Kier alpha value is -3.53. The van der Waals surface area contributed by atoms with E-state index in [4.69, 9.17) is 4.74 Å². The number of hydrogen-bond acceptors (Lipinski definition) is 10. The molecular weight excluding hydrogens is 542 g/mol. The first-order valence-corrected chi connectivity index (χ1v) is 15.7. The van der Waals surface area contributed by atoms with Gasteiger partial charge in [-0.3, -0.25) is 0 Å². The summed E-state index contributed by atoms with van der Waals surface area (Å²) in [7, 11) is -3.46. The second-order valence-corrected chi connectivity index (χ2v) is 13.5. The van der Waals surface area contributed by atoms with Crippen molar-refractivity contribution in [2.45, 2.75) is 50.7 Å². The van der Waals surface area contributed by atoms with Crippen LogP contribution in [0.2, 0.25) is 0 Å². The fourth-order valence-electron chi connectivity index (χ4n) is 5.11. The summed E-state index contributed by atoms with van der Waals surface area (Å²) in [6, 6.07) is 3.74. The second kappa shape index (κ2) is 11.4. The van der Waals surface area contributed by atoms with Gasteiger partial charge in [-0.15, -0.1) is 0 Å². The Labute approximate surface area is 240 Å². The molecule has 12 heteroatoms. The Balaban J connectivity index is 1.24. The maximum atomic E-state index is 12.5. The lowest BCUT2D eigenvalue weighted by Crippen LogP contribution is -2.40. The molecule has 0 radical (unpaired) electrons. The molecule has 2 aliphatic heterocycles. The first kappa shape index (κ1) is 27.6. The molecule has 216 valence electrons. The molecule has 41 heavy (non-hydrogen) atoms. The number of ether oxygens (including phenoxy) is 1. The molecule has 3 aromatic heterocycles. The number of aliphatic hydroxyl groups is 1. The van der Waals surface area contributed by atoms with Gasteiger partial charge in [0, 0.05) is 57.3 Å². The van der Waals surface area contributed by atoms with Gasteiger partial charge in [0.1, 0.15) is 11.6 Å². The zero-order valence-corrected chi connectivity index (χ0v) is 24.0. The molecule has 2 N–H and O–H groups in total. The van der Waals surface area contributed by atoms with E-state index in [-0.39, 0.29) is 17.3 Å². The lowest BCUT2D eigenvalue weighted by atomic mass is 9.81. The molecule has 11 nitrogen and oxygen atoms in total. The summed E-state index contributed by atoms with van der Waals surface area (Å²) in [6.07, 6.45) is 11.3. The van der Waals surface area contributed by atoms with Crippen LogP contribution in [0.5, 0.6) is 0 Å². The molecule has 2 saturated heterocycles. The fourth-order valence-corrected chi connectivity index (χ4v) is 6.59. The number of pyridine rings is 1. The van der Waals surface area contributed by atoms with Crippen molar-refractivity contribution in [3.8, 4) is 23.2 Å². The molecule has 3 fully saturated rings. The number of rotatable bonds is 7.